The van der Waals surface area contributed by atoms with Gasteiger partial charge in [-0.25, -0.2) is 0 Å². The minimum absolute atomic E-state index is 0.0238. The molecule has 2 amide bonds. The fourth-order valence-corrected chi connectivity index (χ4v) is 1.52. The molecule has 0 bridgehead atoms. The van der Waals surface area contributed by atoms with Crippen LogP contribution in [0.15, 0.2) is 0 Å². The Morgan fingerprint density at radius 1 is 1.73 bits per heavy atom. The molecule has 1 heterocycles. The van der Waals surface area contributed by atoms with Gasteiger partial charge < -0.3 is 16.4 Å². The summed E-state index contributed by atoms with van der Waals surface area (Å²) in [4.78, 5) is 22.5. The first-order valence-electron chi connectivity index (χ1n) is 5.39. The van der Waals surface area contributed by atoms with Gasteiger partial charge in [0.05, 0.1) is 5.92 Å². The van der Waals surface area contributed by atoms with E-state index in [1.165, 1.54) is 0 Å². The Morgan fingerprint density at radius 2 is 2.47 bits per heavy atom. The first-order chi connectivity index (χ1) is 7.09. The number of carbonyl (C=O) groups excluding carboxylic acids is 2. The molecule has 0 aromatic heterocycles. The van der Waals surface area contributed by atoms with Gasteiger partial charge in [-0.2, -0.15) is 0 Å². The lowest BCUT2D eigenvalue weighted by Gasteiger charge is -2.21. The van der Waals surface area contributed by atoms with Crippen molar-refractivity contribution >= 4 is 11.8 Å². The number of amides is 2. The summed E-state index contributed by atoms with van der Waals surface area (Å²) in [5, 5.41) is 5.52. The van der Waals surface area contributed by atoms with Crippen molar-refractivity contribution in [3.8, 4) is 0 Å². The van der Waals surface area contributed by atoms with Gasteiger partial charge in [0.1, 0.15) is 0 Å². The summed E-state index contributed by atoms with van der Waals surface area (Å²) in [5.74, 6) is -0.0129. The average Bonchev–Trinajstić information content (AvgIpc) is 2.18. The molecule has 5 heteroatoms. The van der Waals surface area contributed by atoms with Gasteiger partial charge in [-0.15, -0.1) is 0 Å². The number of hydrogen-bond donors (Lipinski definition) is 3. The van der Waals surface area contributed by atoms with E-state index in [-0.39, 0.29) is 23.8 Å². The van der Waals surface area contributed by atoms with Crippen LogP contribution in [0.1, 0.15) is 26.2 Å². The zero-order valence-electron chi connectivity index (χ0n) is 9.08. The predicted molar refractivity (Wildman–Crippen MR) is 57.0 cm³/mol. The minimum Gasteiger partial charge on any atom is -0.356 e. The first-order valence-corrected chi connectivity index (χ1v) is 5.39. The van der Waals surface area contributed by atoms with Gasteiger partial charge in [0.25, 0.3) is 0 Å². The molecule has 0 saturated carbocycles. The molecule has 5 nitrogen and oxygen atoms in total. The zero-order valence-corrected chi connectivity index (χ0v) is 9.08. The van der Waals surface area contributed by atoms with E-state index in [4.69, 9.17) is 5.73 Å². The second kappa shape index (κ2) is 5.70. The first kappa shape index (κ1) is 12.0. The Kier molecular flexibility index (Phi) is 4.55. The van der Waals surface area contributed by atoms with Crippen molar-refractivity contribution in [1.82, 2.24) is 10.6 Å². The predicted octanol–water partition coefficient (Wildman–Crippen LogP) is -0.634. The standard InChI is InChI=1S/C10H19N3O2/c1-7(11)4-5-12-10(15)8-2-3-9(14)13-6-8/h7-8H,2-6,11H2,1H3,(H,12,15)(H,13,14). The van der Waals surface area contributed by atoms with E-state index in [1.54, 1.807) is 0 Å². The Balaban J connectivity index is 2.19. The third-order valence-corrected chi connectivity index (χ3v) is 2.54. The number of nitrogens with one attached hydrogen (secondary N) is 2. The van der Waals surface area contributed by atoms with Gasteiger partial charge in [0.15, 0.2) is 0 Å². The summed E-state index contributed by atoms with van der Waals surface area (Å²) in [6.45, 7) is 2.98. The van der Waals surface area contributed by atoms with Crippen LogP contribution in [0.3, 0.4) is 0 Å². The molecule has 15 heavy (non-hydrogen) atoms. The molecular weight excluding hydrogens is 194 g/mol. The summed E-state index contributed by atoms with van der Waals surface area (Å²) in [6.07, 6.45) is 1.88. The third kappa shape index (κ3) is 4.29. The maximum Gasteiger partial charge on any atom is 0.224 e. The van der Waals surface area contributed by atoms with E-state index in [0.717, 1.165) is 6.42 Å². The number of carbonyl (C=O) groups is 2. The molecule has 86 valence electrons. The van der Waals surface area contributed by atoms with E-state index in [9.17, 15) is 9.59 Å². The van der Waals surface area contributed by atoms with Crippen LogP contribution in [0.2, 0.25) is 0 Å². The molecule has 0 aromatic rings. The highest BCUT2D eigenvalue weighted by Gasteiger charge is 2.23. The lowest BCUT2D eigenvalue weighted by Crippen LogP contribution is -2.43. The SMILES string of the molecule is CC(N)CCNC(=O)C1CCC(=O)NC1. The summed E-state index contributed by atoms with van der Waals surface area (Å²) < 4.78 is 0. The lowest BCUT2D eigenvalue weighted by atomic mass is 9.98. The van der Waals surface area contributed by atoms with Crippen LogP contribution in [-0.4, -0.2) is 30.9 Å². The van der Waals surface area contributed by atoms with Crippen molar-refractivity contribution in [3.05, 3.63) is 0 Å². The molecule has 1 fully saturated rings. The topological polar surface area (TPSA) is 84.2 Å². The van der Waals surface area contributed by atoms with Crippen molar-refractivity contribution in [2.24, 2.45) is 11.7 Å². The fourth-order valence-electron chi connectivity index (χ4n) is 1.52. The summed E-state index contributed by atoms with van der Waals surface area (Å²) in [7, 11) is 0. The third-order valence-electron chi connectivity index (χ3n) is 2.54. The van der Waals surface area contributed by atoms with E-state index in [1.807, 2.05) is 6.92 Å². The molecule has 1 aliphatic rings. The number of rotatable bonds is 4. The Hall–Kier alpha value is -1.10. The van der Waals surface area contributed by atoms with Crippen LogP contribution < -0.4 is 16.4 Å². The average molecular weight is 213 g/mol. The summed E-state index contributed by atoms with van der Waals surface area (Å²) >= 11 is 0. The molecule has 1 aliphatic heterocycles. The van der Waals surface area contributed by atoms with Crippen molar-refractivity contribution in [2.75, 3.05) is 13.1 Å². The lowest BCUT2D eigenvalue weighted by molar-refractivity contribution is -0.128. The van der Waals surface area contributed by atoms with Crippen molar-refractivity contribution in [1.29, 1.82) is 0 Å². The Bertz CT molecular complexity index is 231. The van der Waals surface area contributed by atoms with E-state index in [0.29, 0.717) is 25.9 Å². The highest BCUT2D eigenvalue weighted by molar-refractivity contribution is 5.83. The van der Waals surface area contributed by atoms with Gasteiger partial charge >= 0.3 is 0 Å². The summed E-state index contributed by atoms with van der Waals surface area (Å²) in [5.41, 5.74) is 5.57. The molecule has 0 spiro atoms. The molecule has 0 aliphatic carbocycles. The number of hydrogen-bond acceptors (Lipinski definition) is 3. The van der Waals surface area contributed by atoms with E-state index < -0.39 is 0 Å². The maximum atomic E-state index is 11.6. The second-order valence-electron chi connectivity index (χ2n) is 4.10. The van der Waals surface area contributed by atoms with Crippen LogP contribution in [-0.2, 0) is 9.59 Å². The zero-order chi connectivity index (χ0) is 11.3. The monoisotopic (exact) mass is 213 g/mol. The van der Waals surface area contributed by atoms with Crippen LogP contribution in [0.25, 0.3) is 0 Å². The van der Waals surface area contributed by atoms with Crippen LogP contribution in [0, 0.1) is 5.92 Å². The minimum atomic E-state index is -0.0734. The van der Waals surface area contributed by atoms with Crippen molar-refractivity contribution in [3.63, 3.8) is 0 Å². The maximum absolute atomic E-state index is 11.6. The molecule has 2 unspecified atom stereocenters. The van der Waals surface area contributed by atoms with Gasteiger partial charge in [-0.1, -0.05) is 0 Å². The molecule has 0 aromatic carbocycles. The molecule has 1 rings (SSSR count). The van der Waals surface area contributed by atoms with Gasteiger partial charge in [0.2, 0.25) is 11.8 Å². The van der Waals surface area contributed by atoms with Crippen molar-refractivity contribution in [2.45, 2.75) is 32.2 Å². The summed E-state index contributed by atoms with van der Waals surface area (Å²) in [6, 6.07) is 0.108. The van der Waals surface area contributed by atoms with E-state index >= 15 is 0 Å². The fraction of sp³-hybridized carbons (Fsp3) is 0.800. The number of nitrogens with two attached hydrogens (primary N) is 1. The smallest absolute Gasteiger partial charge is 0.224 e. The molecule has 4 N–H and O–H groups in total. The molecular formula is C10H19N3O2. The largest absolute Gasteiger partial charge is 0.356 e. The molecule has 2 atom stereocenters. The molecule has 0 radical (unpaired) electrons. The Labute approximate surface area is 89.8 Å². The van der Waals surface area contributed by atoms with Crippen LogP contribution in [0.4, 0.5) is 0 Å². The quantitative estimate of drug-likeness (QED) is 0.581. The normalized spacial score (nSPS) is 23.1. The van der Waals surface area contributed by atoms with Crippen molar-refractivity contribution < 1.29 is 9.59 Å². The highest BCUT2D eigenvalue weighted by atomic mass is 16.2. The van der Waals surface area contributed by atoms with Gasteiger partial charge in [-0.3, -0.25) is 9.59 Å². The Morgan fingerprint density at radius 3 is 3.00 bits per heavy atom. The van der Waals surface area contributed by atoms with Gasteiger partial charge in [0, 0.05) is 25.6 Å². The van der Waals surface area contributed by atoms with Crippen LogP contribution in [0.5, 0.6) is 0 Å². The molecule has 1 saturated heterocycles. The number of piperidine rings is 1. The van der Waals surface area contributed by atoms with Crippen LogP contribution >= 0.6 is 0 Å². The van der Waals surface area contributed by atoms with E-state index in [2.05, 4.69) is 10.6 Å². The second-order valence-corrected chi connectivity index (χ2v) is 4.10. The van der Waals surface area contributed by atoms with Gasteiger partial charge in [-0.05, 0) is 19.8 Å². The highest BCUT2D eigenvalue weighted by Crippen LogP contribution is 2.10.